The van der Waals surface area contributed by atoms with E-state index in [-0.39, 0.29) is 11.7 Å². The molecule has 1 fully saturated rings. The first-order valence-electron chi connectivity index (χ1n) is 7.81. The molecule has 1 saturated carbocycles. The van der Waals surface area contributed by atoms with Crippen molar-refractivity contribution < 1.29 is 9.59 Å². The normalized spacial score (nSPS) is 17.3. The highest BCUT2D eigenvalue weighted by molar-refractivity contribution is 5.94. The molecular weight excluding hydrogens is 264 g/mol. The predicted octanol–water partition coefficient (Wildman–Crippen LogP) is 2.31. The third-order valence-electron chi connectivity index (χ3n) is 4.25. The Hall–Kier alpha value is -1.84. The number of nitrogens with zero attached hydrogens (tertiary/aromatic N) is 1. The van der Waals surface area contributed by atoms with Crippen LogP contribution in [0.4, 0.5) is 5.69 Å². The van der Waals surface area contributed by atoms with E-state index in [0.717, 1.165) is 44.3 Å². The molecule has 0 saturated heterocycles. The Labute approximate surface area is 125 Å². The van der Waals surface area contributed by atoms with Crippen molar-refractivity contribution in [3.05, 3.63) is 29.3 Å². The maximum atomic E-state index is 11.8. The summed E-state index contributed by atoms with van der Waals surface area (Å²) in [6.45, 7) is 3.35. The topological polar surface area (TPSA) is 49.4 Å². The van der Waals surface area contributed by atoms with E-state index in [1.54, 1.807) is 6.92 Å². The molecule has 1 heterocycles. The first-order chi connectivity index (χ1) is 10.1. The number of benzene rings is 1. The molecule has 0 unspecified atom stereocenters. The maximum Gasteiger partial charge on any atom is 0.221 e. The SMILES string of the molecule is CC(=O)c1ccc2c(c1)CCCN2CCC(=O)NC1CC1. The molecule has 1 aromatic carbocycles. The fourth-order valence-electron chi connectivity index (χ4n) is 2.89. The van der Waals surface area contributed by atoms with E-state index in [1.807, 2.05) is 18.2 Å². The smallest absolute Gasteiger partial charge is 0.221 e. The van der Waals surface area contributed by atoms with Gasteiger partial charge in [-0.2, -0.15) is 0 Å². The van der Waals surface area contributed by atoms with Crippen LogP contribution in [0.3, 0.4) is 0 Å². The molecule has 1 amide bonds. The molecule has 4 nitrogen and oxygen atoms in total. The van der Waals surface area contributed by atoms with Gasteiger partial charge in [0.25, 0.3) is 0 Å². The average Bonchev–Trinajstić information content (AvgIpc) is 3.28. The van der Waals surface area contributed by atoms with Crippen LogP contribution >= 0.6 is 0 Å². The number of nitrogens with one attached hydrogen (secondary N) is 1. The van der Waals surface area contributed by atoms with E-state index in [0.29, 0.717) is 12.5 Å². The minimum absolute atomic E-state index is 0.110. The lowest BCUT2D eigenvalue weighted by molar-refractivity contribution is -0.121. The minimum Gasteiger partial charge on any atom is -0.371 e. The van der Waals surface area contributed by atoms with Crippen molar-refractivity contribution in [2.45, 2.75) is 45.1 Å². The second kappa shape index (κ2) is 5.88. The number of fused-ring (bicyclic) bond motifs is 1. The Morgan fingerprint density at radius 1 is 1.33 bits per heavy atom. The number of rotatable bonds is 5. The molecular formula is C17H22N2O2. The quantitative estimate of drug-likeness (QED) is 0.845. The zero-order valence-electron chi connectivity index (χ0n) is 12.5. The third-order valence-corrected chi connectivity index (χ3v) is 4.25. The lowest BCUT2D eigenvalue weighted by atomic mass is 9.98. The van der Waals surface area contributed by atoms with Crippen molar-refractivity contribution in [3.8, 4) is 0 Å². The van der Waals surface area contributed by atoms with Gasteiger partial charge < -0.3 is 10.2 Å². The monoisotopic (exact) mass is 286 g/mol. The van der Waals surface area contributed by atoms with Crippen LogP contribution in [0, 0.1) is 0 Å². The molecule has 21 heavy (non-hydrogen) atoms. The molecule has 0 radical (unpaired) electrons. The highest BCUT2D eigenvalue weighted by Gasteiger charge is 2.24. The summed E-state index contributed by atoms with van der Waals surface area (Å²) in [5.41, 5.74) is 3.20. The van der Waals surface area contributed by atoms with E-state index >= 15 is 0 Å². The minimum atomic E-state index is 0.110. The van der Waals surface area contributed by atoms with Gasteiger partial charge in [0.15, 0.2) is 5.78 Å². The highest BCUT2D eigenvalue weighted by Crippen LogP contribution is 2.28. The van der Waals surface area contributed by atoms with Crippen molar-refractivity contribution >= 4 is 17.4 Å². The third kappa shape index (κ3) is 3.43. The van der Waals surface area contributed by atoms with Gasteiger partial charge in [-0.1, -0.05) is 0 Å². The number of amides is 1. The maximum absolute atomic E-state index is 11.8. The number of Topliss-reactive ketones (excluding diaryl/α,β-unsaturated/α-hetero) is 1. The standard InChI is InChI=1S/C17H22N2O2/c1-12(20)13-4-7-16-14(11-13)3-2-9-19(16)10-8-17(21)18-15-5-6-15/h4,7,11,15H,2-3,5-6,8-10H2,1H3,(H,18,21). The average molecular weight is 286 g/mol. The Morgan fingerprint density at radius 3 is 2.86 bits per heavy atom. The molecule has 3 rings (SSSR count). The van der Waals surface area contributed by atoms with E-state index in [1.165, 1.54) is 11.3 Å². The van der Waals surface area contributed by atoms with Crippen LogP contribution in [0.25, 0.3) is 0 Å². The summed E-state index contributed by atoms with van der Waals surface area (Å²) in [6, 6.07) is 6.37. The van der Waals surface area contributed by atoms with Crippen molar-refractivity contribution in [2.75, 3.05) is 18.0 Å². The molecule has 0 atom stereocenters. The molecule has 1 N–H and O–H groups in total. The molecule has 112 valence electrons. The van der Waals surface area contributed by atoms with Gasteiger partial charge >= 0.3 is 0 Å². The van der Waals surface area contributed by atoms with Gasteiger partial charge in [-0.3, -0.25) is 9.59 Å². The van der Waals surface area contributed by atoms with Gasteiger partial charge in [-0.15, -0.1) is 0 Å². The van der Waals surface area contributed by atoms with Gasteiger partial charge in [0.2, 0.25) is 5.91 Å². The zero-order valence-corrected chi connectivity index (χ0v) is 12.5. The van der Waals surface area contributed by atoms with Crippen molar-refractivity contribution in [3.63, 3.8) is 0 Å². The first kappa shape index (κ1) is 14.1. The van der Waals surface area contributed by atoms with E-state index in [4.69, 9.17) is 0 Å². The number of anilines is 1. The number of carbonyl (C=O) groups is 2. The van der Waals surface area contributed by atoms with Crippen LogP contribution < -0.4 is 10.2 Å². The summed E-state index contributed by atoms with van der Waals surface area (Å²) in [5, 5.41) is 3.03. The van der Waals surface area contributed by atoms with E-state index in [2.05, 4.69) is 10.2 Å². The predicted molar refractivity (Wildman–Crippen MR) is 82.8 cm³/mol. The number of hydrogen-bond donors (Lipinski definition) is 1. The molecule has 0 aromatic heterocycles. The summed E-state index contributed by atoms with van der Waals surface area (Å²) in [7, 11) is 0. The van der Waals surface area contributed by atoms with Crippen molar-refractivity contribution in [1.29, 1.82) is 0 Å². The van der Waals surface area contributed by atoms with Crippen LogP contribution in [-0.2, 0) is 11.2 Å². The lowest BCUT2D eigenvalue weighted by Crippen LogP contribution is -2.34. The van der Waals surface area contributed by atoms with Crippen LogP contribution in [-0.4, -0.2) is 30.8 Å². The first-order valence-corrected chi connectivity index (χ1v) is 7.81. The van der Waals surface area contributed by atoms with Gasteiger partial charge in [-0.05, 0) is 56.4 Å². The Morgan fingerprint density at radius 2 is 2.14 bits per heavy atom. The summed E-state index contributed by atoms with van der Waals surface area (Å²) < 4.78 is 0. The fraction of sp³-hybridized carbons (Fsp3) is 0.529. The Bertz CT molecular complexity index is 564. The number of ketones is 1. The molecule has 0 spiro atoms. The Kier molecular flexibility index (Phi) is 3.95. The van der Waals surface area contributed by atoms with Crippen LogP contribution in [0.5, 0.6) is 0 Å². The summed E-state index contributed by atoms with van der Waals surface area (Å²) >= 11 is 0. The second-order valence-corrected chi connectivity index (χ2v) is 6.08. The molecule has 1 aromatic rings. The fourth-order valence-corrected chi connectivity index (χ4v) is 2.89. The summed E-state index contributed by atoms with van der Waals surface area (Å²) in [5.74, 6) is 0.267. The molecule has 1 aliphatic heterocycles. The van der Waals surface area contributed by atoms with Crippen LogP contribution in [0.1, 0.15) is 48.5 Å². The summed E-state index contributed by atoms with van der Waals surface area (Å²) in [6.07, 6.45) is 4.91. The molecule has 4 heteroatoms. The highest BCUT2D eigenvalue weighted by atomic mass is 16.1. The van der Waals surface area contributed by atoms with Gasteiger partial charge in [0.05, 0.1) is 0 Å². The Balaban J connectivity index is 1.65. The van der Waals surface area contributed by atoms with E-state index in [9.17, 15) is 9.59 Å². The van der Waals surface area contributed by atoms with Gasteiger partial charge in [0, 0.05) is 36.8 Å². The number of aryl methyl sites for hydroxylation is 1. The van der Waals surface area contributed by atoms with Crippen LogP contribution in [0.2, 0.25) is 0 Å². The van der Waals surface area contributed by atoms with Crippen molar-refractivity contribution in [2.24, 2.45) is 0 Å². The van der Waals surface area contributed by atoms with Crippen molar-refractivity contribution in [1.82, 2.24) is 5.32 Å². The summed E-state index contributed by atoms with van der Waals surface area (Å²) in [4.78, 5) is 25.6. The van der Waals surface area contributed by atoms with Crippen LogP contribution in [0.15, 0.2) is 18.2 Å². The van der Waals surface area contributed by atoms with Gasteiger partial charge in [-0.25, -0.2) is 0 Å². The zero-order chi connectivity index (χ0) is 14.8. The van der Waals surface area contributed by atoms with E-state index < -0.39 is 0 Å². The molecule has 0 bridgehead atoms. The number of carbonyl (C=O) groups excluding carboxylic acids is 2. The van der Waals surface area contributed by atoms with Gasteiger partial charge in [0.1, 0.15) is 0 Å². The number of hydrogen-bond acceptors (Lipinski definition) is 3. The largest absolute Gasteiger partial charge is 0.371 e. The molecule has 1 aliphatic carbocycles. The lowest BCUT2D eigenvalue weighted by Gasteiger charge is -2.31. The second-order valence-electron chi connectivity index (χ2n) is 6.08. The molecule has 2 aliphatic rings.